The molecule has 0 amide bonds. The molecule has 1 aliphatic heterocycles. The molecule has 1 aromatic carbocycles. The number of cyclic esters (lactones) is 1. The third-order valence-electron chi connectivity index (χ3n) is 2.18. The van der Waals surface area contributed by atoms with Crippen molar-refractivity contribution in [2.75, 3.05) is 6.61 Å². The second-order valence-corrected chi connectivity index (χ2v) is 3.06. The van der Waals surface area contributed by atoms with Crippen LogP contribution in [0.15, 0.2) is 18.2 Å². The minimum Gasteiger partial charge on any atom is -0.478 e. The average Bonchev–Trinajstić information content (AvgIpc) is 2.17. The minimum absolute atomic E-state index is 0.207. The third kappa shape index (κ3) is 1.35. The standard InChI is InChI=1S/C10H8O4/c11-9(12)7-1-2-8-6(5-7)3-4-14-10(8)13/h1-2,5H,3-4H2,(H,11,12). The predicted octanol–water partition coefficient (Wildman–Crippen LogP) is 1.10. The predicted molar refractivity (Wildman–Crippen MR) is 47.4 cm³/mol. The molecule has 4 heteroatoms. The second kappa shape index (κ2) is 3.14. The highest BCUT2D eigenvalue weighted by Crippen LogP contribution is 2.18. The lowest BCUT2D eigenvalue weighted by Gasteiger charge is -2.15. The first kappa shape index (κ1) is 8.74. The molecule has 0 saturated heterocycles. The molecule has 1 aliphatic rings. The second-order valence-electron chi connectivity index (χ2n) is 3.06. The molecule has 0 saturated carbocycles. The summed E-state index contributed by atoms with van der Waals surface area (Å²) in [5.74, 6) is -1.35. The molecule has 1 heterocycles. The van der Waals surface area contributed by atoms with Crippen molar-refractivity contribution < 1.29 is 19.4 Å². The Bertz CT molecular complexity index is 409. The molecule has 0 spiro atoms. The van der Waals surface area contributed by atoms with Crippen LogP contribution in [0.1, 0.15) is 26.3 Å². The van der Waals surface area contributed by atoms with Gasteiger partial charge < -0.3 is 9.84 Å². The molecular formula is C10H8O4. The van der Waals surface area contributed by atoms with Crippen LogP contribution in [0.4, 0.5) is 0 Å². The minimum atomic E-state index is -0.980. The molecule has 2 rings (SSSR count). The summed E-state index contributed by atoms with van der Waals surface area (Å²) in [6.07, 6.45) is 0.586. The molecule has 0 aromatic heterocycles. The number of rotatable bonds is 1. The Hall–Kier alpha value is -1.84. The molecule has 0 atom stereocenters. The Morgan fingerprint density at radius 3 is 2.93 bits per heavy atom. The van der Waals surface area contributed by atoms with Crippen molar-refractivity contribution in [1.29, 1.82) is 0 Å². The van der Waals surface area contributed by atoms with Crippen molar-refractivity contribution in [2.45, 2.75) is 6.42 Å². The van der Waals surface area contributed by atoms with Crippen molar-refractivity contribution in [1.82, 2.24) is 0 Å². The average molecular weight is 192 g/mol. The SMILES string of the molecule is O=C(O)c1ccc2c(c1)CCOC2=O. The van der Waals surface area contributed by atoms with E-state index in [1.54, 1.807) is 0 Å². The van der Waals surface area contributed by atoms with Crippen LogP contribution < -0.4 is 0 Å². The van der Waals surface area contributed by atoms with E-state index in [0.29, 0.717) is 18.6 Å². The van der Waals surface area contributed by atoms with E-state index in [1.807, 2.05) is 0 Å². The number of ether oxygens (including phenoxy) is 1. The first-order valence-corrected chi connectivity index (χ1v) is 4.22. The summed E-state index contributed by atoms with van der Waals surface area (Å²) in [4.78, 5) is 21.8. The zero-order chi connectivity index (χ0) is 10.1. The maximum Gasteiger partial charge on any atom is 0.338 e. The van der Waals surface area contributed by atoms with Gasteiger partial charge in [0.05, 0.1) is 17.7 Å². The number of carbonyl (C=O) groups is 2. The Morgan fingerprint density at radius 1 is 1.43 bits per heavy atom. The van der Waals surface area contributed by atoms with Gasteiger partial charge in [-0.05, 0) is 23.8 Å². The quantitative estimate of drug-likeness (QED) is 0.676. The number of hydrogen-bond donors (Lipinski definition) is 1. The van der Waals surface area contributed by atoms with Gasteiger partial charge in [0, 0.05) is 6.42 Å². The molecule has 0 unspecified atom stereocenters. The molecular weight excluding hydrogens is 184 g/mol. The zero-order valence-corrected chi connectivity index (χ0v) is 7.32. The van der Waals surface area contributed by atoms with Crippen LogP contribution in [0.3, 0.4) is 0 Å². The number of benzene rings is 1. The number of aromatic carboxylic acids is 1. The Labute approximate surface area is 80.1 Å². The summed E-state index contributed by atoms with van der Waals surface area (Å²) in [6.45, 7) is 0.328. The fourth-order valence-electron chi connectivity index (χ4n) is 1.46. The van der Waals surface area contributed by atoms with Crippen LogP contribution >= 0.6 is 0 Å². The van der Waals surface area contributed by atoms with E-state index in [2.05, 4.69) is 0 Å². The van der Waals surface area contributed by atoms with Crippen LogP contribution in [-0.4, -0.2) is 23.7 Å². The lowest BCUT2D eigenvalue weighted by molar-refractivity contribution is 0.0478. The highest BCUT2D eigenvalue weighted by Gasteiger charge is 2.19. The van der Waals surface area contributed by atoms with Crippen LogP contribution in [-0.2, 0) is 11.2 Å². The van der Waals surface area contributed by atoms with Gasteiger partial charge in [-0.15, -0.1) is 0 Å². The van der Waals surface area contributed by atoms with E-state index in [4.69, 9.17) is 9.84 Å². The molecule has 4 nitrogen and oxygen atoms in total. The summed E-state index contributed by atoms with van der Waals surface area (Å²) in [6, 6.07) is 4.44. The zero-order valence-electron chi connectivity index (χ0n) is 7.32. The van der Waals surface area contributed by atoms with Gasteiger partial charge >= 0.3 is 11.9 Å². The number of carboxylic acid groups (broad SMARTS) is 1. The van der Waals surface area contributed by atoms with Gasteiger partial charge in [-0.2, -0.15) is 0 Å². The van der Waals surface area contributed by atoms with Gasteiger partial charge in [-0.25, -0.2) is 9.59 Å². The van der Waals surface area contributed by atoms with Crippen molar-refractivity contribution in [3.63, 3.8) is 0 Å². The molecule has 1 N–H and O–H groups in total. The van der Waals surface area contributed by atoms with Crippen LogP contribution in [0.25, 0.3) is 0 Å². The summed E-state index contributed by atoms with van der Waals surface area (Å²) in [7, 11) is 0. The van der Waals surface area contributed by atoms with Crippen LogP contribution in [0.2, 0.25) is 0 Å². The van der Waals surface area contributed by atoms with Gasteiger partial charge in [0.25, 0.3) is 0 Å². The number of carbonyl (C=O) groups excluding carboxylic acids is 1. The van der Waals surface area contributed by atoms with E-state index in [1.165, 1.54) is 18.2 Å². The lowest BCUT2D eigenvalue weighted by Crippen LogP contribution is -2.18. The van der Waals surface area contributed by atoms with E-state index in [-0.39, 0.29) is 11.5 Å². The first-order valence-electron chi connectivity index (χ1n) is 4.22. The van der Waals surface area contributed by atoms with Gasteiger partial charge in [0.15, 0.2) is 0 Å². The highest BCUT2D eigenvalue weighted by molar-refractivity contribution is 5.94. The summed E-state index contributed by atoms with van der Waals surface area (Å²) in [5.41, 5.74) is 1.43. The molecule has 1 aromatic rings. The molecule has 72 valence electrons. The van der Waals surface area contributed by atoms with Crippen molar-refractivity contribution in [3.05, 3.63) is 34.9 Å². The fraction of sp³-hybridized carbons (Fsp3) is 0.200. The Balaban J connectivity index is 2.49. The summed E-state index contributed by atoms with van der Waals surface area (Å²) >= 11 is 0. The lowest BCUT2D eigenvalue weighted by atomic mass is 10.00. The maximum atomic E-state index is 11.2. The van der Waals surface area contributed by atoms with Gasteiger partial charge in [-0.1, -0.05) is 0 Å². The number of fused-ring (bicyclic) bond motifs is 1. The van der Waals surface area contributed by atoms with E-state index >= 15 is 0 Å². The largest absolute Gasteiger partial charge is 0.478 e. The van der Waals surface area contributed by atoms with Crippen molar-refractivity contribution >= 4 is 11.9 Å². The highest BCUT2D eigenvalue weighted by atomic mass is 16.5. The molecule has 14 heavy (non-hydrogen) atoms. The monoisotopic (exact) mass is 192 g/mol. The van der Waals surface area contributed by atoms with Gasteiger partial charge in [0.1, 0.15) is 0 Å². The van der Waals surface area contributed by atoms with Gasteiger partial charge in [0.2, 0.25) is 0 Å². The maximum absolute atomic E-state index is 11.2. The summed E-state index contributed by atoms with van der Waals surface area (Å²) < 4.78 is 4.82. The smallest absolute Gasteiger partial charge is 0.338 e. The van der Waals surface area contributed by atoms with Crippen molar-refractivity contribution in [2.24, 2.45) is 0 Å². The molecule has 0 bridgehead atoms. The van der Waals surface area contributed by atoms with E-state index in [9.17, 15) is 9.59 Å². The number of hydrogen-bond acceptors (Lipinski definition) is 3. The third-order valence-corrected chi connectivity index (χ3v) is 2.18. The molecule has 0 fully saturated rings. The van der Waals surface area contributed by atoms with Crippen LogP contribution in [0, 0.1) is 0 Å². The fourth-order valence-corrected chi connectivity index (χ4v) is 1.46. The molecule has 0 aliphatic carbocycles. The normalized spacial score (nSPS) is 14.4. The Morgan fingerprint density at radius 2 is 2.21 bits per heavy atom. The number of esters is 1. The summed E-state index contributed by atoms with van der Waals surface area (Å²) in [5, 5.41) is 8.74. The first-order chi connectivity index (χ1) is 6.68. The van der Waals surface area contributed by atoms with Gasteiger partial charge in [-0.3, -0.25) is 0 Å². The topological polar surface area (TPSA) is 63.6 Å². The van der Waals surface area contributed by atoms with E-state index in [0.717, 1.165) is 5.56 Å². The van der Waals surface area contributed by atoms with Crippen molar-refractivity contribution in [3.8, 4) is 0 Å². The van der Waals surface area contributed by atoms with Crippen LogP contribution in [0.5, 0.6) is 0 Å². The number of carboxylic acids is 1. The Kier molecular flexibility index (Phi) is 1.96. The molecule has 0 radical (unpaired) electrons. The van der Waals surface area contributed by atoms with E-state index < -0.39 is 5.97 Å².